The first kappa shape index (κ1) is 16.2. The maximum Gasteiger partial charge on any atom is 0.243 e. The quantitative estimate of drug-likeness (QED) is 0.887. The molecule has 0 radical (unpaired) electrons. The van der Waals surface area contributed by atoms with Gasteiger partial charge in [-0.3, -0.25) is 9.59 Å². The molecule has 0 aromatic heterocycles. The average Bonchev–Trinajstić information content (AvgIpc) is 3.02. The van der Waals surface area contributed by atoms with Gasteiger partial charge in [0.05, 0.1) is 6.04 Å². The van der Waals surface area contributed by atoms with Crippen molar-refractivity contribution in [3.8, 4) is 0 Å². The molecule has 2 amide bonds. The van der Waals surface area contributed by atoms with E-state index in [1.807, 2.05) is 30.3 Å². The molecule has 124 valence electrons. The fourth-order valence-corrected chi connectivity index (χ4v) is 2.93. The predicted molar refractivity (Wildman–Crippen MR) is 88.6 cm³/mol. The van der Waals surface area contributed by atoms with Gasteiger partial charge >= 0.3 is 0 Å². The van der Waals surface area contributed by atoms with Crippen molar-refractivity contribution in [3.63, 3.8) is 0 Å². The number of hydrogen-bond acceptors (Lipinski definition) is 2. The summed E-state index contributed by atoms with van der Waals surface area (Å²) in [4.78, 5) is 23.7. The van der Waals surface area contributed by atoms with Crippen LogP contribution in [0.3, 0.4) is 0 Å². The molecule has 4 nitrogen and oxygen atoms in total. The van der Waals surface area contributed by atoms with Crippen molar-refractivity contribution in [2.75, 3.05) is 0 Å². The number of amides is 2. The maximum absolute atomic E-state index is 14.2. The molecule has 2 aromatic carbocycles. The molecule has 1 heterocycles. The van der Waals surface area contributed by atoms with Crippen molar-refractivity contribution in [3.05, 3.63) is 71.5 Å². The maximum atomic E-state index is 14.2. The SMILES string of the molecule is O=C1CC[C@@H](C(=O)N[C@H](Cc2ccccc2)c2ccccc2F)N1. The van der Waals surface area contributed by atoms with E-state index in [2.05, 4.69) is 10.6 Å². The fraction of sp³-hybridized carbons (Fsp3) is 0.263. The lowest BCUT2D eigenvalue weighted by Crippen LogP contribution is -2.43. The molecule has 3 rings (SSSR count). The fourth-order valence-electron chi connectivity index (χ4n) is 2.93. The highest BCUT2D eigenvalue weighted by Crippen LogP contribution is 2.22. The molecule has 5 heteroatoms. The van der Waals surface area contributed by atoms with Gasteiger partial charge in [0.2, 0.25) is 11.8 Å². The lowest BCUT2D eigenvalue weighted by molar-refractivity contribution is -0.126. The second-order valence-electron chi connectivity index (χ2n) is 5.93. The van der Waals surface area contributed by atoms with Gasteiger partial charge in [-0.2, -0.15) is 0 Å². The van der Waals surface area contributed by atoms with Gasteiger partial charge in [-0.1, -0.05) is 48.5 Å². The van der Waals surface area contributed by atoms with Crippen LogP contribution in [0.1, 0.15) is 30.0 Å². The van der Waals surface area contributed by atoms with Crippen LogP contribution >= 0.6 is 0 Å². The molecular weight excluding hydrogens is 307 g/mol. The summed E-state index contributed by atoms with van der Waals surface area (Å²) in [6, 6.07) is 15.0. The smallest absolute Gasteiger partial charge is 0.243 e. The van der Waals surface area contributed by atoms with Crippen LogP contribution in [0.15, 0.2) is 54.6 Å². The zero-order valence-electron chi connectivity index (χ0n) is 13.2. The number of carbonyl (C=O) groups excluding carboxylic acids is 2. The molecule has 1 saturated heterocycles. The predicted octanol–water partition coefficient (Wildman–Crippen LogP) is 2.50. The Kier molecular flexibility index (Phi) is 4.89. The Morgan fingerprint density at radius 1 is 1.17 bits per heavy atom. The normalized spacial score (nSPS) is 18.0. The van der Waals surface area contributed by atoms with E-state index in [0.717, 1.165) is 5.56 Å². The molecule has 0 unspecified atom stereocenters. The van der Waals surface area contributed by atoms with Crippen LogP contribution < -0.4 is 10.6 Å². The highest BCUT2D eigenvalue weighted by atomic mass is 19.1. The van der Waals surface area contributed by atoms with Gasteiger partial charge in [0.1, 0.15) is 11.9 Å². The summed E-state index contributed by atoms with van der Waals surface area (Å²) >= 11 is 0. The first-order valence-electron chi connectivity index (χ1n) is 8.01. The first-order valence-corrected chi connectivity index (χ1v) is 8.01. The number of benzene rings is 2. The number of hydrogen-bond donors (Lipinski definition) is 2. The van der Waals surface area contributed by atoms with Crippen LogP contribution in [0.5, 0.6) is 0 Å². The summed E-state index contributed by atoms with van der Waals surface area (Å²) in [6.45, 7) is 0. The van der Waals surface area contributed by atoms with Crippen LogP contribution in [0.25, 0.3) is 0 Å². The molecule has 0 saturated carbocycles. The molecule has 2 atom stereocenters. The van der Waals surface area contributed by atoms with Crippen molar-refractivity contribution in [2.24, 2.45) is 0 Å². The van der Waals surface area contributed by atoms with Gasteiger partial charge in [-0.05, 0) is 24.5 Å². The van der Waals surface area contributed by atoms with Crippen LogP contribution in [0.2, 0.25) is 0 Å². The Labute approximate surface area is 140 Å². The van der Waals surface area contributed by atoms with Gasteiger partial charge in [-0.15, -0.1) is 0 Å². The zero-order valence-corrected chi connectivity index (χ0v) is 13.2. The van der Waals surface area contributed by atoms with Crippen LogP contribution in [0.4, 0.5) is 4.39 Å². The Bertz CT molecular complexity index is 733. The number of nitrogens with one attached hydrogen (secondary N) is 2. The summed E-state index contributed by atoms with van der Waals surface area (Å²) in [7, 11) is 0. The minimum Gasteiger partial charge on any atom is -0.347 e. The first-order chi connectivity index (χ1) is 11.6. The average molecular weight is 326 g/mol. The van der Waals surface area contributed by atoms with E-state index in [1.165, 1.54) is 6.07 Å². The molecule has 0 bridgehead atoms. The number of halogens is 1. The van der Waals surface area contributed by atoms with Crippen molar-refractivity contribution < 1.29 is 14.0 Å². The standard InChI is InChI=1S/C19H19FN2O2/c20-15-9-5-4-8-14(15)17(12-13-6-2-1-3-7-13)22-19(24)16-10-11-18(23)21-16/h1-9,16-17H,10-12H2,(H,21,23)(H,22,24)/t16-,17+/m0/s1. The molecule has 0 spiro atoms. The van der Waals surface area contributed by atoms with E-state index < -0.39 is 12.1 Å². The van der Waals surface area contributed by atoms with E-state index in [4.69, 9.17) is 0 Å². The Hall–Kier alpha value is -2.69. The van der Waals surface area contributed by atoms with Crippen molar-refractivity contribution >= 4 is 11.8 Å². The third-order valence-corrected chi connectivity index (χ3v) is 4.19. The van der Waals surface area contributed by atoms with E-state index in [9.17, 15) is 14.0 Å². The van der Waals surface area contributed by atoms with Gasteiger partial charge in [0, 0.05) is 12.0 Å². The Morgan fingerprint density at radius 2 is 1.88 bits per heavy atom. The molecule has 2 aromatic rings. The molecular formula is C19H19FN2O2. The minimum atomic E-state index is -0.539. The Morgan fingerprint density at radius 3 is 2.54 bits per heavy atom. The molecule has 24 heavy (non-hydrogen) atoms. The summed E-state index contributed by atoms with van der Waals surface area (Å²) in [5.41, 5.74) is 1.44. The molecule has 2 N–H and O–H groups in total. The zero-order chi connectivity index (χ0) is 16.9. The second-order valence-corrected chi connectivity index (χ2v) is 5.93. The van der Waals surface area contributed by atoms with E-state index >= 15 is 0 Å². The topological polar surface area (TPSA) is 58.2 Å². The number of rotatable bonds is 5. The lowest BCUT2D eigenvalue weighted by Gasteiger charge is -2.22. The van der Waals surface area contributed by atoms with Crippen molar-refractivity contribution in [1.29, 1.82) is 0 Å². The second kappa shape index (κ2) is 7.25. The number of carbonyl (C=O) groups is 2. The molecule has 1 aliphatic rings. The summed E-state index contributed by atoms with van der Waals surface area (Å²) in [6.07, 6.45) is 1.30. The van der Waals surface area contributed by atoms with Crippen LogP contribution in [0, 0.1) is 5.82 Å². The summed E-state index contributed by atoms with van der Waals surface area (Å²) < 4.78 is 14.2. The third kappa shape index (κ3) is 3.79. The van der Waals surface area contributed by atoms with E-state index in [-0.39, 0.29) is 17.6 Å². The molecule has 0 aliphatic carbocycles. The summed E-state index contributed by atoms with van der Waals surface area (Å²) in [5.74, 6) is -0.750. The van der Waals surface area contributed by atoms with Crippen molar-refractivity contribution in [1.82, 2.24) is 10.6 Å². The van der Waals surface area contributed by atoms with Gasteiger partial charge in [0.25, 0.3) is 0 Å². The van der Waals surface area contributed by atoms with Gasteiger partial charge in [0.15, 0.2) is 0 Å². The highest BCUT2D eigenvalue weighted by Gasteiger charge is 2.29. The van der Waals surface area contributed by atoms with Gasteiger partial charge < -0.3 is 10.6 Å². The van der Waals surface area contributed by atoms with E-state index in [0.29, 0.717) is 24.8 Å². The summed E-state index contributed by atoms with van der Waals surface area (Å²) in [5, 5.41) is 5.54. The molecule has 1 aliphatic heterocycles. The van der Waals surface area contributed by atoms with E-state index in [1.54, 1.807) is 18.2 Å². The van der Waals surface area contributed by atoms with Crippen LogP contribution in [-0.4, -0.2) is 17.9 Å². The largest absolute Gasteiger partial charge is 0.347 e. The van der Waals surface area contributed by atoms with Gasteiger partial charge in [-0.25, -0.2) is 4.39 Å². The Balaban J connectivity index is 1.80. The molecule has 1 fully saturated rings. The van der Waals surface area contributed by atoms with Crippen molar-refractivity contribution in [2.45, 2.75) is 31.3 Å². The highest BCUT2D eigenvalue weighted by molar-refractivity contribution is 5.91. The van der Waals surface area contributed by atoms with Crippen LogP contribution in [-0.2, 0) is 16.0 Å². The third-order valence-electron chi connectivity index (χ3n) is 4.19. The monoisotopic (exact) mass is 326 g/mol. The lowest BCUT2D eigenvalue weighted by atomic mass is 9.98. The minimum absolute atomic E-state index is 0.124.